The van der Waals surface area contributed by atoms with E-state index in [4.69, 9.17) is 9.47 Å². The molecule has 1 N–H and O–H groups in total. The maximum atomic E-state index is 12.9. The van der Waals surface area contributed by atoms with Crippen molar-refractivity contribution < 1.29 is 19.4 Å². The topological polar surface area (TPSA) is 59.0 Å². The van der Waals surface area contributed by atoms with Gasteiger partial charge in [0, 0.05) is 26.3 Å². The third-order valence-electron chi connectivity index (χ3n) is 4.70. The lowest BCUT2D eigenvalue weighted by Gasteiger charge is -2.16. The SMILES string of the molecule is CCOCC[C@H](O)COc1cccc2c1C(=O)N(Cc1ccc(C)cc1)C2. The summed E-state index contributed by atoms with van der Waals surface area (Å²) in [6.45, 7) is 6.39. The van der Waals surface area contributed by atoms with Crippen molar-refractivity contribution in [3.05, 3.63) is 64.7 Å². The van der Waals surface area contributed by atoms with E-state index in [2.05, 4.69) is 24.3 Å². The zero-order valence-electron chi connectivity index (χ0n) is 16.0. The smallest absolute Gasteiger partial charge is 0.258 e. The number of hydrogen-bond donors (Lipinski definition) is 1. The molecule has 1 aliphatic heterocycles. The number of carbonyl (C=O) groups excluding carboxylic acids is 1. The minimum Gasteiger partial charge on any atom is -0.490 e. The van der Waals surface area contributed by atoms with Gasteiger partial charge < -0.3 is 19.5 Å². The van der Waals surface area contributed by atoms with Crippen molar-refractivity contribution >= 4 is 5.91 Å². The molecule has 0 bridgehead atoms. The van der Waals surface area contributed by atoms with E-state index in [1.54, 1.807) is 6.07 Å². The first kappa shape index (κ1) is 19.4. The van der Waals surface area contributed by atoms with Crippen LogP contribution in [0.4, 0.5) is 0 Å². The van der Waals surface area contributed by atoms with E-state index >= 15 is 0 Å². The molecule has 1 heterocycles. The van der Waals surface area contributed by atoms with Gasteiger partial charge in [-0.1, -0.05) is 42.0 Å². The largest absolute Gasteiger partial charge is 0.490 e. The number of carbonyl (C=O) groups is 1. The Hall–Kier alpha value is -2.37. The van der Waals surface area contributed by atoms with Crippen LogP contribution in [-0.4, -0.2) is 41.8 Å². The van der Waals surface area contributed by atoms with Crippen LogP contribution in [0.25, 0.3) is 0 Å². The van der Waals surface area contributed by atoms with Gasteiger partial charge >= 0.3 is 0 Å². The average molecular weight is 369 g/mol. The van der Waals surface area contributed by atoms with E-state index < -0.39 is 6.10 Å². The van der Waals surface area contributed by atoms with Gasteiger partial charge in [0.15, 0.2) is 0 Å². The summed E-state index contributed by atoms with van der Waals surface area (Å²) in [5.41, 5.74) is 3.89. The Balaban J connectivity index is 1.64. The van der Waals surface area contributed by atoms with Crippen LogP contribution in [0, 0.1) is 6.92 Å². The molecule has 0 fully saturated rings. The minimum atomic E-state index is -0.618. The van der Waals surface area contributed by atoms with Crippen LogP contribution in [0.5, 0.6) is 5.75 Å². The fourth-order valence-electron chi connectivity index (χ4n) is 3.18. The van der Waals surface area contributed by atoms with E-state index in [1.807, 2.05) is 30.9 Å². The van der Waals surface area contributed by atoms with Crippen LogP contribution in [0.3, 0.4) is 0 Å². The zero-order valence-corrected chi connectivity index (χ0v) is 16.0. The number of nitrogens with zero attached hydrogens (tertiary/aromatic N) is 1. The minimum absolute atomic E-state index is 0.0232. The van der Waals surface area contributed by atoms with Crippen molar-refractivity contribution in [1.82, 2.24) is 4.90 Å². The summed E-state index contributed by atoms with van der Waals surface area (Å²) < 4.78 is 11.0. The van der Waals surface area contributed by atoms with Crippen molar-refractivity contribution in [2.75, 3.05) is 19.8 Å². The number of aryl methyl sites for hydroxylation is 1. The van der Waals surface area contributed by atoms with Gasteiger partial charge in [-0.2, -0.15) is 0 Å². The van der Waals surface area contributed by atoms with Crippen molar-refractivity contribution in [3.63, 3.8) is 0 Å². The molecule has 0 aromatic heterocycles. The molecule has 0 radical (unpaired) electrons. The highest BCUT2D eigenvalue weighted by atomic mass is 16.5. The Morgan fingerprint density at radius 3 is 2.70 bits per heavy atom. The standard InChI is InChI=1S/C22H27NO4/c1-3-26-12-11-19(24)15-27-20-6-4-5-18-14-23(22(25)21(18)20)13-17-9-7-16(2)8-10-17/h4-10,19,24H,3,11-15H2,1-2H3/t19-/m0/s1. The Morgan fingerprint density at radius 2 is 1.96 bits per heavy atom. The maximum Gasteiger partial charge on any atom is 0.258 e. The lowest BCUT2D eigenvalue weighted by Crippen LogP contribution is -2.24. The summed E-state index contributed by atoms with van der Waals surface area (Å²) in [7, 11) is 0. The zero-order chi connectivity index (χ0) is 19.2. The molecule has 1 atom stereocenters. The molecule has 0 saturated carbocycles. The van der Waals surface area contributed by atoms with Crippen molar-refractivity contribution in [3.8, 4) is 5.75 Å². The average Bonchev–Trinajstić information content (AvgIpc) is 2.98. The van der Waals surface area contributed by atoms with E-state index in [1.165, 1.54) is 5.56 Å². The normalized spacial score (nSPS) is 14.3. The highest BCUT2D eigenvalue weighted by Crippen LogP contribution is 2.32. The van der Waals surface area contributed by atoms with Crippen LogP contribution in [0.15, 0.2) is 42.5 Å². The van der Waals surface area contributed by atoms with Crippen LogP contribution < -0.4 is 4.74 Å². The number of rotatable bonds is 9. The molecule has 2 aromatic rings. The fraction of sp³-hybridized carbons (Fsp3) is 0.409. The molecule has 3 rings (SSSR count). The Bertz CT molecular complexity index is 772. The molecule has 5 nitrogen and oxygen atoms in total. The van der Waals surface area contributed by atoms with E-state index in [9.17, 15) is 9.90 Å². The fourth-order valence-corrected chi connectivity index (χ4v) is 3.18. The third kappa shape index (κ3) is 4.87. The first-order valence-corrected chi connectivity index (χ1v) is 9.43. The van der Waals surface area contributed by atoms with Crippen molar-refractivity contribution in [2.24, 2.45) is 0 Å². The van der Waals surface area contributed by atoms with Crippen molar-refractivity contribution in [2.45, 2.75) is 39.5 Å². The highest BCUT2D eigenvalue weighted by Gasteiger charge is 2.30. The summed E-state index contributed by atoms with van der Waals surface area (Å²) in [6.07, 6.45) is -0.108. The Labute approximate surface area is 160 Å². The van der Waals surface area contributed by atoms with Crippen LogP contribution in [-0.2, 0) is 17.8 Å². The summed E-state index contributed by atoms with van der Waals surface area (Å²) in [5, 5.41) is 10.0. The lowest BCUT2D eigenvalue weighted by atomic mass is 10.1. The van der Waals surface area contributed by atoms with Gasteiger partial charge in [0.1, 0.15) is 12.4 Å². The Kier molecular flexibility index (Phi) is 6.48. The second-order valence-electron chi connectivity index (χ2n) is 6.89. The molecule has 5 heteroatoms. The Morgan fingerprint density at radius 1 is 1.19 bits per heavy atom. The molecule has 0 spiro atoms. The van der Waals surface area contributed by atoms with Gasteiger partial charge in [-0.25, -0.2) is 0 Å². The first-order valence-electron chi connectivity index (χ1n) is 9.43. The number of aliphatic hydroxyl groups is 1. The molecular weight excluding hydrogens is 342 g/mol. The molecule has 1 amide bonds. The van der Waals surface area contributed by atoms with Crippen LogP contribution in [0.2, 0.25) is 0 Å². The monoisotopic (exact) mass is 369 g/mol. The number of ether oxygens (including phenoxy) is 2. The molecule has 27 heavy (non-hydrogen) atoms. The molecule has 1 aliphatic rings. The summed E-state index contributed by atoms with van der Waals surface area (Å²) in [6, 6.07) is 13.9. The summed E-state index contributed by atoms with van der Waals surface area (Å²) >= 11 is 0. The predicted octanol–water partition coefficient (Wildman–Crippen LogP) is 3.32. The summed E-state index contributed by atoms with van der Waals surface area (Å²) in [4.78, 5) is 14.7. The molecule has 0 saturated heterocycles. The summed E-state index contributed by atoms with van der Waals surface area (Å²) in [5.74, 6) is 0.518. The predicted molar refractivity (Wildman–Crippen MR) is 104 cm³/mol. The quantitative estimate of drug-likeness (QED) is 0.689. The number of fused-ring (bicyclic) bond motifs is 1. The van der Waals surface area contributed by atoms with Gasteiger partial charge in [0.2, 0.25) is 0 Å². The van der Waals surface area contributed by atoms with Gasteiger partial charge in [0.25, 0.3) is 5.91 Å². The van der Waals surface area contributed by atoms with Crippen molar-refractivity contribution in [1.29, 1.82) is 0 Å². The van der Waals surface area contributed by atoms with Gasteiger partial charge in [0.05, 0.1) is 11.7 Å². The molecule has 144 valence electrons. The van der Waals surface area contributed by atoms with Gasteiger partial charge in [-0.05, 0) is 37.5 Å². The van der Waals surface area contributed by atoms with E-state index in [0.717, 1.165) is 11.1 Å². The second kappa shape index (κ2) is 9.02. The van der Waals surface area contributed by atoms with Crippen LogP contribution in [0.1, 0.15) is 40.4 Å². The van der Waals surface area contributed by atoms with E-state index in [0.29, 0.717) is 44.0 Å². The molecule has 2 aromatic carbocycles. The first-order chi connectivity index (χ1) is 13.1. The third-order valence-corrected chi connectivity index (χ3v) is 4.70. The number of benzene rings is 2. The highest BCUT2D eigenvalue weighted by molar-refractivity contribution is 6.00. The molecular formula is C22H27NO4. The number of amides is 1. The van der Waals surface area contributed by atoms with Crippen LogP contribution >= 0.6 is 0 Å². The van der Waals surface area contributed by atoms with E-state index in [-0.39, 0.29) is 12.5 Å². The number of aliphatic hydroxyl groups excluding tert-OH is 1. The van der Waals surface area contributed by atoms with Gasteiger partial charge in [-0.15, -0.1) is 0 Å². The van der Waals surface area contributed by atoms with Gasteiger partial charge in [-0.3, -0.25) is 4.79 Å². The second-order valence-corrected chi connectivity index (χ2v) is 6.89. The maximum absolute atomic E-state index is 12.9. The molecule has 0 unspecified atom stereocenters. The lowest BCUT2D eigenvalue weighted by molar-refractivity contribution is 0.0580. The molecule has 0 aliphatic carbocycles. The number of hydrogen-bond acceptors (Lipinski definition) is 4.